The van der Waals surface area contributed by atoms with Gasteiger partial charge in [-0.05, 0) is 32.1 Å². The summed E-state index contributed by atoms with van der Waals surface area (Å²) in [6.45, 7) is 1.73. The molecule has 0 amide bonds. The molecule has 146 valence electrons. The lowest BCUT2D eigenvalue weighted by atomic mass is 10.1. The molecule has 0 radical (unpaired) electrons. The lowest BCUT2D eigenvalue weighted by Gasteiger charge is -2.02. The van der Waals surface area contributed by atoms with Gasteiger partial charge in [0.1, 0.15) is 0 Å². The topological polar surface area (TPSA) is 63.6 Å². The average molecular weight is 355 g/mol. The molecule has 4 heteroatoms. The summed E-state index contributed by atoms with van der Waals surface area (Å²) < 4.78 is 4.58. The molecule has 0 saturated heterocycles. The maximum absolute atomic E-state index is 11.2. The molecule has 0 aromatic carbocycles. The molecule has 0 spiro atoms. The van der Waals surface area contributed by atoms with Crippen LogP contribution in [0, 0.1) is 0 Å². The largest absolute Gasteiger partial charge is 0.479 e. The number of hydrogen-bond donors (Lipinski definition) is 1. The lowest BCUT2D eigenvalue weighted by molar-refractivity contribution is -0.155. The second-order valence-electron chi connectivity index (χ2n) is 6.74. The van der Waals surface area contributed by atoms with E-state index in [4.69, 9.17) is 5.11 Å². The van der Waals surface area contributed by atoms with E-state index in [2.05, 4.69) is 23.8 Å². The minimum absolute atomic E-state index is 0.325. The maximum Gasteiger partial charge on any atom is 0.341 e. The number of allylic oxidation sites excluding steroid dienone is 2. The Labute approximate surface area is 154 Å². The van der Waals surface area contributed by atoms with E-state index in [1.807, 2.05) is 0 Å². The van der Waals surface area contributed by atoms with Crippen molar-refractivity contribution in [2.45, 2.75) is 103 Å². The van der Waals surface area contributed by atoms with Gasteiger partial charge in [0.25, 0.3) is 0 Å². The van der Waals surface area contributed by atoms with Gasteiger partial charge in [-0.3, -0.25) is 4.79 Å². The standard InChI is InChI=1S/C21H38O4/c1-2-3-4-5-6-7-8-9-10-11-12-13-14-15-16-17-18-21(24)25-19-20(22)23/h10-11H,2-9,12-19H2,1H3,(H,22,23)/b11-10-. The van der Waals surface area contributed by atoms with E-state index in [1.165, 1.54) is 64.2 Å². The number of carboxylic acids is 1. The van der Waals surface area contributed by atoms with Gasteiger partial charge in [-0.1, -0.05) is 76.9 Å². The smallest absolute Gasteiger partial charge is 0.341 e. The Bertz CT molecular complexity index is 350. The molecule has 0 fully saturated rings. The van der Waals surface area contributed by atoms with Crippen molar-refractivity contribution in [2.75, 3.05) is 6.61 Å². The van der Waals surface area contributed by atoms with E-state index in [9.17, 15) is 9.59 Å². The number of aliphatic carboxylic acids is 1. The monoisotopic (exact) mass is 354 g/mol. The summed E-state index contributed by atoms with van der Waals surface area (Å²) in [5, 5.41) is 8.39. The third-order valence-corrected chi connectivity index (χ3v) is 4.25. The normalized spacial score (nSPS) is 11.1. The molecule has 0 aliphatic heterocycles. The number of esters is 1. The van der Waals surface area contributed by atoms with Crippen LogP contribution < -0.4 is 0 Å². The molecular weight excluding hydrogens is 316 g/mol. The van der Waals surface area contributed by atoms with Gasteiger partial charge in [-0.2, -0.15) is 0 Å². The Morgan fingerprint density at radius 2 is 1.24 bits per heavy atom. The van der Waals surface area contributed by atoms with Crippen molar-refractivity contribution in [3.63, 3.8) is 0 Å². The van der Waals surface area contributed by atoms with Crippen molar-refractivity contribution >= 4 is 11.9 Å². The van der Waals surface area contributed by atoms with Crippen LogP contribution in [0.5, 0.6) is 0 Å². The summed E-state index contributed by atoms with van der Waals surface area (Å²) in [6, 6.07) is 0. The Balaban J connectivity index is 3.20. The van der Waals surface area contributed by atoms with Gasteiger partial charge in [0.15, 0.2) is 6.61 Å². The number of carboxylic acid groups (broad SMARTS) is 1. The summed E-state index contributed by atoms with van der Waals surface area (Å²) >= 11 is 0. The highest BCUT2D eigenvalue weighted by molar-refractivity contribution is 5.75. The number of rotatable bonds is 18. The van der Waals surface area contributed by atoms with Crippen LogP contribution in [0.4, 0.5) is 0 Å². The quantitative estimate of drug-likeness (QED) is 0.185. The Morgan fingerprint density at radius 1 is 0.760 bits per heavy atom. The highest BCUT2D eigenvalue weighted by atomic mass is 16.5. The van der Waals surface area contributed by atoms with Crippen LogP contribution in [0.15, 0.2) is 12.2 Å². The summed E-state index contributed by atoms with van der Waals surface area (Å²) in [5.41, 5.74) is 0. The van der Waals surface area contributed by atoms with Crippen molar-refractivity contribution in [3.8, 4) is 0 Å². The molecule has 0 aromatic rings. The summed E-state index contributed by atoms with van der Waals surface area (Å²) in [5.74, 6) is -1.51. The molecule has 0 aliphatic carbocycles. The second-order valence-corrected chi connectivity index (χ2v) is 6.74. The Hall–Kier alpha value is -1.32. The predicted molar refractivity (Wildman–Crippen MR) is 103 cm³/mol. The zero-order valence-electron chi connectivity index (χ0n) is 16.1. The minimum Gasteiger partial charge on any atom is -0.479 e. The lowest BCUT2D eigenvalue weighted by Crippen LogP contribution is -2.12. The van der Waals surface area contributed by atoms with E-state index in [0.717, 1.165) is 25.7 Å². The molecular formula is C21H38O4. The van der Waals surface area contributed by atoms with E-state index < -0.39 is 18.5 Å². The van der Waals surface area contributed by atoms with E-state index in [1.54, 1.807) is 0 Å². The van der Waals surface area contributed by atoms with Crippen molar-refractivity contribution < 1.29 is 19.4 Å². The number of unbranched alkanes of at least 4 members (excludes halogenated alkanes) is 12. The maximum atomic E-state index is 11.2. The molecule has 0 unspecified atom stereocenters. The predicted octanol–water partition coefficient (Wildman–Crippen LogP) is 6.04. The van der Waals surface area contributed by atoms with Crippen LogP contribution in [0.3, 0.4) is 0 Å². The zero-order chi connectivity index (χ0) is 18.6. The molecule has 0 bridgehead atoms. The number of ether oxygens (including phenoxy) is 1. The van der Waals surface area contributed by atoms with Gasteiger partial charge in [0.05, 0.1) is 0 Å². The molecule has 0 saturated carbocycles. The molecule has 0 rings (SSSR count). The molecule has 0 aliphatic rings. The number of carbonyl (C=O) groups excluding carboxylic acids is 1. The van der Waals surface area contributed by atoms with Crippen LogP contribution in [-0.2, 0) is 14.3 Å². The number of carbonyl (C=O) groups is 2. The fourth-order valence-corrected chi connectivity index (χ4v) is 2.73. The third-order valence-electron chi connectivity index (χ3n) is 4.25. The van der Waals surface area contributed by atoms with Crippen LogP contribution >= 0.6 is 0 Å². The third kappa shape index (κ3) is 20.6. The van der Waals surface area contributed by atoms with Crippen molar-refractivity contribution in [2.24, 2.45) is 0 Å². The SMILES string of the molecule is CCCCCCCCC/C=C\CCCCCCCC(=O)OCC(=O)O. The molecule has 1 N–H and O–H groups in total. The Kier molecular flexibility index (Phi) is 18.0. The van der Waals surface area contributed by atoms with E-state index in [-0.39, 0.29) is 0 Å². The first-order chi connectivity index (χ1) is 12.2. The summed E-state index contributed by atoms with van der Waals surface area (Å²) in [7, 11) is 0. The van der Waals surface area contributed by atoms with Crippen LogP contribution in [0.25, 0.3) is 0 Å². The summed E-state index contributed by atoms with van der Waals surface area (Å²) in [6.07, 6.45) is 22.2. The number of hydrogen-bond acceptors (Lipinski definition) is 3. The van der Waals surface area contributed by atoms with Gasteiger partial charge in [-0.15, -0.1) is 0 Å². The molecule has 0 aromatic heterocycles. The van der Waals surface area contributed by atoms with Gasteiger partial charge in [-0.25, -0.2) is 4.79 Å². The van der Waals surface area contributed by atoms with Gasteiger partial charge in [0, 0.05) is 6.42 Å². The zero-order valence-corrected chi connectivity index (χ0v) is 16.1. The fourth-order valence-electron chi connectivity index (χ4n) is 2.73. The highest BCUT2D eigenvalue weighted by Crippen LogP contribution is 2.10. The van der Waals surface area contributed by atoms with Crippen molar-refractivity contribution in [1.82, 2.24) is 0 Å². The molecule has 0 atom stereocenters. The van der Waals surface area contributed by atoms with Crippen LogP contribution in [0.2, 0.25) is 0 Å². The average Bonchev–Trinajstić information content (AvgIpc) is 2.59. The highest BCUT2D eigenvalue weighted by Gasteiger charge is 2.05. The molecule has 4 nitrogen and oxygen atoms in total. The van der Waals surface area contributed by atoms with E-state index >= 15 is 0 Å². The van der Waals surface area contributed by atoms with Crippen LogP contribution in [-0.4, -0.2) is 23.7 Å². The van der Waals surface area contributed by atoms with Gasteiger partial charge >= 0.3 is 11.9 Å². The summed E-state index contributed by atoms with van der Waals surface area (Å²) in [4.78, 5) is 21.4. The fraction of sp³-hybridized carbons (Fsp3) is 0.810. The van der Waals surface area contributed by atoms with Crippen molar-refractivity contribution in [3.05, 3.63) is 12.2 Å². The first kappa shape index (κ1) is 23.7. The molecule has 0 heterocycles. The van der Waals surface area contributed by atoms with Crippen molar-refractivity contribution in [1.29, 1.82) is 0 Å². The first-order valence-electron chi connectivity index (χ1n) is 10.2. The molecule has 25 heavy (non-hydrogen) atoms. The van der Waals surface area contributed by atoms with E-state index in [0.29, 0.717) is 6.42 Å². The van der Waals surface area contributed by atoms with Gasteiger partial charge in [0.2, 0.25) is 0 Å². The first-order valence-corrected chi connectivity index (χ1v) is 10.2. The second kappa shape index (κ2) is 19.0. The Morgan fingerprint density at radius 3 is 1.76 bits per heavy atom. The van der Waals surface area contributed by atoms with Crippen LogP contribution in [0.1, 0.15) is 103 Å². The van der Waals surface area contributed by atoms with Gasteiger partial charge < -0.3 is 9.84 Å². The minimum atomic E-state index is -1.10.